The highest BCUT2D eigenvalue weighted by atomic mass is 79.9. The molecule has 0 aliphatic heterocycles. The third kappa shape index (κ3) is 4.37. The molecule has 110 valence electrons. The summed E-state index contributed by atoms with van der Waals surface area (Å²) >= 11 is 3.28. The highest BCUT2D eigenvalue weighted by Gasteiger charge is 2.12. The van der Waals surface area contributed by atoms with Crippen LogP contribution in [0, 0.1) is 5.82 Å². The Kier molecular flexibility index (Phi) is 5.08. The lowest BCUT2D eigenvalue weighted by Crippen LogP contribution is -2.19. The van der Waals surface area contributed by atoms with Crippen molar-refractivity contribution >= 4 is 44.0 Å². The minimum atomic E-state index is -1.60. The van der Waals surface area contributed by atoms with E-state index < -0.39 is 22.5 Å². The van der Waals surface area contributed by atoms with Gasteiger partial charge in [-0.05, 0) is 52.3 Å². The minimum absolute atomic E-state index is 0.250. The Morgan fingerprint density at radius 1 is 1.29 bits per heavy atom. The fraction of sp³-hybridized carbons (Fsp3) is 0.0714. The summed E-state index contributed by atoms with van der Waals surface area (Å²) in [7, 11) is -1.60. The molecule has 21 heavy (non-hydrogen) atoms. The molecule has 0 saturated carbocycles. The Morgan fingerprint density at radius 2 is 2.05 bits per heavy atom. The van der Waals surface area contributed by atoms with Crippen LogP contribution in [0.4, 0.5) is 15.8 Å². The molecular weight excluding hydrogens is 359 g/mol. The second-order valence-corrected chi connectivity index (χ2v) is 6.54. The molecule has 1 amide bonds. The first-order valence-corrected chi connectivity index (χ1v) is 8.06. The number of carbonyl (C=O) groups excluding carboxylic acids is 1. The molecular formula is C14H12BrFN2O2S. The Labute approximate surface area is 132 Å². The number of hydrogen-bond donors (Lipinski definition) is 2. The summed E-state index contributed by atoms with van der Waals surface area (Å²) in [5.74, 6) is -1.16. The van der Waals surface area contributed by atoms with Crippen LogP contribution in [0.5, 0.6) is 0 Å². The van der Waals surface area contributed by atoms with Crippen molar-refractivity contribution in [3.63, 3.8) is 0 Å². The van der Waals surface area contributed by atoms with Gasteiger partial charge in [-0.3, -0.25) is 9.00 Å². The van der Waals surface area contributed by atoms with Gasteiger partial charge in [0.05, 0.1) is 16.5 Å². The third-order valence-electron chi connectivity index (χ3n) is 2.59. The lowest BCUT2D eigenvalue weighted by molar-refractivity contribution is -0.113. The average Bonchev–Trinajstić information content (AvgIpc) is 2.42. The summed E-state index contributed by atoms with van der Waals surface area (Å²) in [5, 5.41) is 2.62. The van der Waals surface area contributed by atoms with Gasteiger partial charge in [-0.15, -0.1) is 0 Å². The van der Waals surface area contributed by atoms with Crippen molar-refractivity contribution < 1.29 is 13.4 Å². The van der Waals surface area contributed by atoms with E-state index in [0.29, 0.717) is 15.8 Å². The van der Waals surface area contributed by atoms with Gasteiger partial charge >= 0.3 is 0 Å². The van der Waals surface area contributed by atoms with Gasteiger partial charge in [0.1, 0.15) is 11.6 Å². The van der Waals surface area contributed by atoms with Gasteiger partial charge in [-0.1, -0.05) is 6.07 Å². The number of amides is 1. The SMILES string of the molecule is Nc1ccc(NC(=O)CS(=O)c2cccc(F)c2)c(Br)c1. The van der Waals surface area contributed by atoms with Gasteiger partial charge in [0.2, 0.25) is 5.91 Å². The quantitative estimate of drug-likeness (QED) is 0.812. The molecule has 2 aromatic carbocycles. The third-order valence-corrected chi connectivity index (χ3v) is 4.55. The second-order valence-electron chi connectivity index (χ2n) is 4.23. The molecule has 7 heteroatoms. The zero-order valence-electron chi connectivity index (χ0n) is 10.8. The zero-order valence-corrected chi connectivity index (χ0v) is 13.2. The van der Waals surface area contributed by atoms with Crippen molar-refractivity contribution in [1.82, 2.24) is 0 Å². The smallest absolute Gasteiger partial charge is 0.237 e. The predicted molar refractivity (Wildman–Crippen MR) is 84.9 cm³/mol. The number of hydrogen-bond acceptors (Lipinski definition) is 3. The van der Waals surface area contributed by atoms with Crippen LogP contribution in [0.3, 0.4) is 0 Å². The van der Waals surface area contributed by atoms with E-state index in [1.54, 1.807) is 18.2 Å². The maximum atomic E-state index is 13.0. The van der Waals surface area contributed by atoms with Gasteiger partial charge in [-0.25, -0.2) is 4.39 Å². The van der Waals surface area contributed by atoms with Gasteiger partial charge in [-0.2, -0.15) is 0 Å². The number of carbonyl (C=O) groups is 1. The number of anilines is 2. The van der Waals surface area contributed by atoms with Crippen LogP contribution < -0.4 is 11.1 Å². The first-order valence-electron chi connectivity index (χ1n) is 5.94. The normalized spacial score (nSPS) is 11.9. The number of nitrogens with one attached hydrogen (secondary N) is 1. The topological polar surface area (TPSA) is 72.2 Å². The highest BCUT2D eigenvalue weighted by molar-refractivity contribution is 9.10. The van der Waals surface area contributed by atoms with Crippen LogP contribution in [0.1, 0.15) is 0 Å². The molecule has 0 spiro atoms. The summed E-state index contributed by atoms with van der Waals surface area (Å²) < 4.78 is 25.7. The maximum Gasteiger partial charge on any atom is 0.237 e. The molecule has 0 bridgehead atoms. The van der Waals surface area contributed by atoms with Crippen LogP contribution in [-0.2, 0) is 15.6 Å². The standard InChI is InChI=1S/C14H12BrFN2O2S/c15-12-7-10(17)4-5-13(12)18-14(19)8-21(20)11-3-1-2-9(16)6-11/h1-7H,8,17H2,(H,18,19). The van der Waals surface area contributed by atoms with Gasteiger partial charge in [0.25, 0.3) is 0 Å². The summed E-state index contributed by atoms with van der Waals surface area (Å²) in [5.41, 5.74) is 6.69. The fourth-order valence-electron chi connectivity index (χ4n) is 1.63. The number of rotatable bonds is 4. The summed E-state index contributed by atoms with van der Waals surface area (Å²) in [6, 6.07) is 10.3. The number of nitrogens with two attached hydrogens (primary N) is 1. The van der Waals surface area contributed by atoms with Crippen molar-refractivity contribution in [2.24, 2.45) is 0 Å². The number of halogens is 2. The van der Waals surface area contributed by atoms with Crippen LogP contribution in [0.15, 0.2) is 51.8 Å². The zero-order chi connectivity index (χ0) is 15.4. The summed E-state index contributed by atoms with van der Waals surface area (Å²) in [6.45, 7) is 0. The second kappa shape index (κ2) is 6.82. The van der Waals surface area contributed by atoms with Crippen LogP contribution >= 0.6 is 15.9 Å². The first-order chi connectivity index (χ1) is 9.95. The van der Waals surface area contributed by atoms with E-state index in [0.717, 1.165) is 6.07 Å². The van der Waals surface area contributed by atoms with Gasteiger partial charge in [0, 0.05) is 15.1 Å². The molecule has 2 aromatic rings. The average molecular weight is 371 g/mol. The van der Waals surface area contributed by atoms with Crippen molar-refractivity contribution in [3.8, 4) is 0 Å². The van der Waals surface area contributed by atoms with Crippen molar-refractivity contribution in [2.45, 2.75) is 4.90 Å². The van der Waals surface area contributed by atoms with E-state index in [1.165, 1.54) is 18.2 Å². The van der Waals surface area contributed by atoms with E-state index in [2.05, 4.69) is 21.2 Å². The summed E-state index contributed by atoms with van der Waals surface area (Å²) in [4.78, 5) is 12.1. The molecule has 0 saturated heterocycles. The Balaban J connectivity index is 2.03. The molecule has 2 rings (SSSR count). The largest absolute Gasteiger partial charge is 0.399 e. The Bertz CT molecular complexity index is 709. The Hall–Kier alpha value is -1.73. The van der Waals surface area contributed by atoms with Gasteiger partial charge in [0.15, 0.2) is 0 Å². The predicted octanol–water partition coefficient (Wildman–Crippen LogP) is 2.92. The lowest BCUT2D eigenvalue weighted by atomic mass is 10.3. The fourth-order valence-corrected chi connectivity index (χ4v) is 3.08. The molecule has 0 radical (unpaired) electrons. The van der Waals surface area contributed by atoms with Crippen molar-refractivity contribution in [3.05, 3.63) is 52.8 Å². The first kappa shape index (κ1) is 15.7. The van der Waals surface area contributed by atoms with E-state index in [9.17, 15) is 13.4 Å². The lowest BCUT2D eigenvalue weighted by Gasteiger charge is -2.08. The van der Waals surface area contributed by atoms with E-state index >= 15 is 0 Å². The summed E-state index contributed by atoms with van der Waals surface area (Å²) in [6.07, 6.45) is 0. The van der Waals surface area contributed by atoms with Crippen LogP contribution in [0.25, 0.3) is 0 Å². The molecule has 0 aliphatic rings. The van der Waals surface area contributed by atoms with Crippen molar-refractivity contribution in [1.29, 1.82) is 0 Å². The van der Waals surface area contributed by atoms with E-state index in [4.69, 9.17) is 5.73 Å². The number of nitrogen functional groups attached to an aromatic ring is 1. The molecule has 0 fully saturated rings. The Morgan fingerprint density at radius 3 is 2.71 bits per heavy atom. The van der Waals surface area contributed by atoms with Crippen LogP contribution in [0.2, 0.25) is 0 Å². The molecule has 4 nitrogen and oxygen atoms in total. The van der Waals surface area contributed by atoms with E-state index in [1.807, 2.05) is 0 Å². The molecule has 0 aromatic heterocycles. The van der Waals surface area contributed by atoms with E-state index in [-0.39, 0.29) is 10.6 Å². The molecule has 0 heterocycles. The maximum absolute atomic E-state index is 13.0. The molecule has 0 aliphatic carbocycles. The molecule has 1 atom stereocenters. The van der Waals surface area contributed by atoms with Gasteiger partial charge < -0.3 is 11.1 Å². The minimum Gasteiger partial charge on any atom is -0.399 e. The monoisotopic (exact) mass is 370 g/mol. The van der Waals surface area contributed by atoms with Crippen molar-refractivity contribution in [2.75, 3.05) is 16.8 Å². The highest BCUT2D eigenvalue weighted by Crippen LogP contribution is 2.24. The number of benzene rings is 2. The molecule has 1 unspecified atom stereocenters. The molecule has 3 N–H and O–H groups in total. The van der Waals surface area contributed by atoms with Crippen LogP contribution in [-0.4, -0.2) is 15.9 Å².